The van der Waals surface area contributed by atoms with Crippen molar-refractivity contribution < 1.29 is 21.6 Å². The predicted molar refractivity (Wildman–Crippen MR) is 96.5 cm³/mol. The Balaban J connectivity index is 1.93. The quantitative estimate of drug-likeness (QED) is 0.708. The van der Waals surface area contributed by atoms with Gasteiger partial charge in [0.1, 0.15) is 5.75 Å². The van der Waals surface area contributed by atoms with E-state index in [1.807, 2.05) is 0 Å². The number of anilines is 1. The molecule has 7 nitrogen and oxygen atoms in total. The van der Waals surface area contributed by atoms with Gasteiger partial charge in [-0.3, -0.25) is 4.72 Å². The molecular formula is C15H14N2O5S3. The molecule has 0 saturated carbocycles. The van der Waals surface area contributed by atoms with Crippen LogP contribution in [0, 0.1) is 0 Å². The highest BCUT2D eigenvalue weighted by Gasteiger charge is 2.17. The number of benzene rings is 2. The number of rotatable bonds is 5. The van der Waals surface area contributed by atoms with Crippen molar-refractivity contribution in [2.75, 3.05) is 18.1 Å². The lowest BCUT2D eigenvalue weighted by Gasteiger charge is -2.05. The number of thiazole rings is 1. The van der Waals surface area contributed by atoms with Gasteiger partial charge in [0.2, 0.25) is 0 Å². The summed E-state index contributed by atoms with van der Waals surface area (Å²) in [6.07, 6.45) is 1.11. The maximum Gasteiger partial charge on any atom is 0.263 e. The summed E-state index contributed by atoms with van der Waals surface area (Å²) in [4.78, 5) is 4.42. The summed E-state index contributed by atoms with van der Waals surface area (Å²) in [6.45, 7) is 0. The molecule has 0 atom stereocenters. The zero-order valence-corrected chi connectivity index (χ0v) is 15.7. The van der Waals surface area contributed by atoms with Gasteiger partial charge in [-0.25, -0.2) is 21.8 Å². The zero-order valence-electron chi connectivity index (χ0n) is 13.3. The third-order valence-electron chi connectivity index (χ3n) is 3.38. The van der Waals surface area contributed by atoms with E-state index in [0.717, 1.165) is 17.6 Å². The molecule has 0 spiro atoms. The lowest BCUT2D eigenvalue weighted by molar-refractivity contribution is 0.414. The van der Waals surface area contributed by atoms with Crippen LogP contribution in [-0.4, -0.2) is 35.2 Å². The van der Waals surface area contributed by atoms with E-state index in [-0.39, 0.29) is 14.9 Å². The second-order valence-corrected chi connectivity index (χ2v) is 9.93. The van der Waals surface area contributed by atoms with Crippen molar-refractivity contribution in [1.29, 1.82) is 0 Å². The molecule has 0 aliphatic heterocycles. The minimum absolute atomic E-state index is 0.0735. The Kier molecular flexibility index (Phi) is 4.43. The summed E-state index contributed by atoms with van der Waals surface area (Å²) in [5, 5.41) is 0.163. The van der Waals surface area contributed by atoms with Crippen LogP contribution in [0.25, 0.3) is 10.2 Å². The van der Waals surface area contributed by atoms with Crippen LogP contribution in [0.3, 0.4) is 0 Å². The molecule has 132 valence electrons. The number of aromatic nitrogens is 1. The smallest absolute Gasteiger partial charge is 0.263 e. The van der Waals surface area contributed by atoms with E-state index in [0.29, 0.717) is 16.0 Å². The van der Waals surface area contributed by atoms with Gasteiger partial charge >= 0.3 is 0 Å². The third-order valence-corrected chi connectivity index (χ3v) is 6.91. The summed E-state index contributed by atoms with van der Waals surface area (Å²) in [7, 11) is -5.65. The molecule has 1 N–H and O–H groups in total. The average Bonchev–Trinajstić information content (AvgIpc) is 2.94. The van der Waals surface area contributed by atoms with Gasteiger partial charge in [-0.2, -0.15) is 0 Å². The average molecular weight is 398 g/mol. The number of nitrogens with zero attached hydrogens (tertiary/aromatic N) is 1. The molecule has 0 bridgehead atoms. The van der Waals surface area contributed by atoms with Gasteiger partial charge in [-0.15, -0.1) is 0 Å². The molecule has 0 amide bonds. The standard InChI is InChI=1S/C15H14N2O5S3/c1-22-10-3-5-11(6-4-10)25(20,21)17-15-16-13-8-7-12(24(2,18)19)9-14(13)23-15/h3-9H,1-2H3,(H,16,17). The largest absolute Gasteiger partial charge is 0.497 e. The van der Waals surface area contributed by atoms with E-state index in [4.69, 9.17) is 4.74 Å². The number of ether oxygens (including phenoxy) is 1. The Labute approximate surface area is 149 Å². The number of nitrogens with one attached hydrogen (secondary N) is 1. The summed E-state index contributed by atoms with van der Waals surface area (Å²) in [5.74, 6) is 0.548. The third kappa shape index (κ3) is 3.75. The van der Waals surface area contributed by atoms with Gasteiger partial charge in [0, 0.05) is 6.26 Å². The Morgan fingerprint density at radius 3 is 2.24 bits per heavy atom. The second kappa shape index (κ2) is 6.28. The SMILES string of the molecule is COc1ccc(S(=O)(=O)Nc2nc3ccc(S(C)(=O)=O)cc3s2)cc1. The zero-order chi connectivity index (χ0) is 18.2. The van der Waals surface area contributed by atoms with Crippen LogP contribution in [0.1, 0.15) is 0 Å². The van der Waals surface area contributed by atoms with Crippen LogP contribution < -0.4 is 9.46 Å². The molecule has 1 aromatic heterocycles. The van der Waals surface area contributed by atoms with Crippen LogP contribution in [0.15, 0.2) is 52.3 Å². The van der Waals surface area contributed by atoms with Gasteiger partial charge in [-0.05, 0) is 42.5 Å². The number of fused-ring (bicyclic) bond motifs is 1. The summed E-state index contributed by atoms with van der Waals surface area (Å²) in [6, 6.07) is 10.4. The van der Waals surface area contributed by atoms with Crippen LogP contribution >= 0.6 is 11.3 Å². The number of hydrogen-bond donors (Lipinski definition) is 1. The fourth-order valence-corrected chi connectivity index (χ4v) is 4.97. The van der Waals surface area contributed by atoms with Gasteiger partial charge in [0.15, 0.2) is 15.0 Å². The predicted octanol–water partition coefficient (Wildman–Crippen LogP) is 2.51. The summed E-state index contributed by atoms with van der Waals surface area (Å²) < 4.78 is 56.1. The number of hydrogen-bond acceptors (Lipinski definition) is 7. The van der Waals surface area contributed by atoms with Gasteiger partial charge < -0.3 is 4.74 Å². The first kappa shape index (κ1) is 17.6. The van der Waals surface area contributed by atoms with Crippen LogP contribution in [-0.2, 0) is 19.9 Å². The molecule has 0 saturated heterocycles. The number of sulfonamides is 1. The minimum atomic E-state index is -3.80. The van der Waals surface area contributed by atoms with Crippen LogP contribution in [0.5, 0.6) is 5.75 Å². The van der Waals surface area contributed by atoms with Crippen LogP contribution in [0.2, 0.25) is 0 Å². The summed E-state index contributed by atoms with van der Waals surface area (Å²) in [5.41, 5.74) is 0.518. The van der Waals surface area contributed by atoms with Gasteiger partial charge in [-0.1, -0.05) is 11.3 Å². The molecule has 3 aromatic rings. The summed E-state index contributed by atoms with van der Waals surface area (Å²) >= 11 is 1.07. The molecule has 0 aliphatic rings. The molecular weight excluding hydrogens is 384 g/mol. The highest BCUT2D eigenvalue weighted by molar-refractivity contribution is 7.93. The van der Waals surface area contributed by atoms with Gasteiger partial charge in [0.05, 0.1) is 27.1 Å². The van der Waals surface area contributed by atoms with Crippen molar-refractivity contribution in [2.45, 2.75) is 9.79 Å². The molecule has 3 rings (SSSR count). The molecule has 2 aromatic carbocycles. The van der Waals surface area contributed by atoms with Crippen molar-refractivity contribution in [1.82, 2.24) is 4.98 Å². The molecule has 10 heteroatoms. The first-order valence-electron chi connectivity index (χ1n) is 6.96. The van der Waals surface area contributed by atoms with E-state index in [2.05, 4.69) is 9.71 Å². The number of sulfone groups is 1. The Hall–Kier alpha value is -2.17. The molecule has 0 aliphatic carbocycles. The van der Waals surface area contributed by atoms with E-state index >= 15 is 0 Å². The topological polar surface area (TPSA) is 102 Å². The van der Waals surface area contributed by atoms with Crippen molar-refractivity contribution >= 4 is 46.5 Å². The molecule has 1 heterocycles. The van der Waals surface area contributed by atoms with Crippen molar-refractivity contribution in [3.05, 3.63) is 42.5 Å². The molecule has 0 unspecified atom stereocenters. The molecule has 25 heavy (non-hydrogen) atoms. The lowest BCUT2D eigenvalue weighted by atomic mass is 10.3. The van der Waals surface area contributed by atoms with Crippen LogP contribution in [0.4, 0.5) is 5.13 Å². The minimum Gasteiger partial charge on any atom is -0.497 e. The molecule has 0 radical (unpaired) electrons. The highest BCUT2D eigenvalue weighted by Crippen LogP contribution is 2.29. The Morgan fingerprint density at radius 2 is 1.64 bits per heavy atom. The maximum atomic E-state index is 12.4. The molecule has 0 fully saturated rings. The second-order valence-electron chi connectivity index (χ2n) is 5.20. The van der Waals surface area contributed by atoms with Crippen molar-refractivity contribution in [3.63, 3.8) is 0 Å². The fourth-order valence-electron chi connectivity index (χ4n) is 2.11. The highest BCUT2D eigenvalue weighted by atomic mass is 32.2. The lowest BCUT2D eigenvalue weighted by Crippen LogP contribution is -2.12. The Bertz CT molecular complexity index is 1130. The normalized spacial score (nSPS) is 12.2. The van der Waals surface area contributed by atoms with E-state index in [1.165, 1.54) is 31.4 Å². The Morgan fingerprint density at radius 1 is 1.00 bits per heavy atom. The van der Waals surface area contributed by atoms with Gasteiger partial charge in [0.25, 0.3) is 10.0 Å². The van der Waals surface area contributed by atoms with E-state index in [1.54, 1.807) is 18.2 Å². The van der Waals surface area contributed by atoms with Crippen molar-refractivity contribution in [3.8, 4) is 5.75 Å². The monoisotopic (exact) mass is 398 g/mol. The van der Waals surface area contributed by atoms with Crippen molar-refractivity contribution in [2.24, 2.45) is 0 Å². The first-order valence-corrected chi connectivity index (χ1v) is 11.2. The fraction of sp³-hybridized carbons (Fsp3) is 0.133. The van der Waals surface area contributed by atoms with E-state index in [9.17, 15) is 16.8 Å². The maximum absolute atomic E-state index is 12.4. The first-order chi connectivity index (χ1) is 11.7. The number of methoxy groups -OCH3 is 1. The van der Waals surface area contributed by atoms with E-state index < -0.39 is 19.9 Å².